The van der Waals surface area contributed by atoms with Crippen molar-refractivity contribution in [3.63, 3.8) is 0 Å². The third-order valence-electron chi connectivity index (χ3n) is 4.98. The van der Waals surface area contributed by atoms with Crippen LogP contribution in [0.15, 0.2) is 12.1 Å². The number of piperazine rings is 1. The Morgan fingerprint density at radius 1 is 1.00 bits per heavy atom. The van der Waals surface area contributed by atoms with Crippen LogP contribution in [0.1, 0.15) is 33.6 Å². The number of amides is 4. The number of imide groups is 2. The van der Waals surface area contributed by atoms with Crippen molar-refractivity contribution in [3.05, 3.63) is 29.1 Å². The summed E-state index contributed by atoms with van der Waals surface area (Å²) >= 11 is 0. The van der Waals surface area contributed by atoms with E-state index < -0.39 is 35.5 Å². The molecule has 0 radical (unpaired) electrons. The first-order valence-electron chi connectivity index (χ1n) is 8.49. The van der Waals surface area contributed by atoms with Crippen molar-refractivity contribution in [1.82, 2.24) is 15.5 Å². The number of carbonyl (C=O) groups excluding carboxylic acids is 4. The normalized spacial score (nSPS) is 23.3. The largest absolute Gasteiger partial charge is 0.368 e. The summed E-state index contributed by atoms with van der Waals surface area (Å²) in [7, 11) is 0. The van der Waals surface area contributed by atoms with Crippen molar-refractivity contribution in [2.45, 2.75) is 18.9 Å². The van der Waals surface area contributed by atoms with E-state index in [-0.39, 0.29) is 24.0 Å². The van der Waals surface area contributed by atoms with Crippen LogP contribution in [0.5, 0.6) is 0 Å². The van der Waals surface area contributed by atoms with Crippen molar-refractivity contribution in [2.24, 2.45) is 0 Å². The molecular weight excluding hydrogens is 343 g/mol. The molecule has 0 saturated carbocycles. The zero-order valence-corrected chi connectivity index (χ0v) is 13.9. The molecule has 0 bridgehead atoms. The van der Waals surface area contributed by atoms with Gasteiger partial charge in [0.1, 0.15) is 11.9 Å². The fourth-order valence-electron chi connectivity index (χ4n) is 3.71. The zero-order chi connectivity index (χ0) is 18.4. The van der Waals surface area contributed by atoms with Gasteiger partial charge in [-0.1, -0.05) is 0 Å². The summed E-state index contributed by atoms with van der Waals surface area (Å²) in [5, 5.41) is 5.32. The predicted molar refractivity (Wildman–Crippen MR) is 88.2 cm³/mol. The van der Waals surface area contributed by atoms with Crippen LogP contribution in [-0.4, -0.2) is 60.7 Å². The van der Waals surface area contributed by atoms with Crippen molar-refractivity contribution in [1.29, 1.82) is 0 Å². The van der Waals surface area contributed by atoms with Gasteiger partial charge in [0, 0.05) is 32.6 Å². The number of halogens is 1. The lowest BCUT2D eigenvalue weighted by atomic mass is 10.0. The van der Waals surface area contributed by atoms with Gasteiger partial charge in [-0.15, -0.1) is 0 Å². The number of hydrogen-bond acceptors (Lipinski definition) is 6. The Labute approximate surface area is 148 Å². The van der Waals surface area contributed by atoms with Gasteiger partial charge in [-0.2, -0.15) is 0 Å². The third-order valence-corrected chi connectivity index (χ3v) is 4.98. The number of piperidine rings is 1. The van der Waals surface area contributed by atoms with Gasteiger partial charge in [-0.05, 0) is 18.6 Å². The first-order chi connectivity index (χ1) is 12.5. The minimum absolute atomic E-state index is 0.00148. The second-order valence-corrected chi connectivity index (χ2v) is 6.50. The Kier molecular flexibility index (Phi) is 3.95. The van der Waals surface area contributed by atoms with E-state index in [0.717, 1.165) is 4.90 Å². The summed E-state index contributed by atoms with van der Waals surface area (Å²) in [4.78, 5) is 51.9. The van der Waals surface area contributed by atoms with E-state index in [1.807, 2.05) is 4.90 Å². The van der Waals surface area contributed by atoms with Crippen LogP contribution in [0.25, 0.3) is 0 Å². The highest BCUT2D eigenvalue weighted by atomic mass is 19.1. The van der Waals surface area contributed by atoms with Crippen molar-refractivity contribution in [2.75, 3.05) is 31.1 Å². The minimum atomic E-state index is -1.10. The first-order valence-corrected chi connectivity index (χ1v) is 8.49. The number of carbonyl (C=O) groups is 4. The molecular formula is C17H17FN4O4. The second-order valence-electron chi connectivity index (χ2n) is 6.50. The summed E-state index contributed by atoms with van der Waals surface area (Å²) in [6.07, 6.45) is 0.0671. The highest BCUT2D eigenvalue weighted by Gasteiger charge is 2.47. The summed E-state index contributed by atoms with van der Waals surface area (Å²) in [6, 6.07) is 1.57. The standard InChI is InChI=1S/C17H17FN4O4/c18-9-1-2-10(21-7-5-19-6-8-21)14-13(9)16(25)22(17(14)26)11-3-4-12(23)20-15(11)24/h1-2,11,19H,3-8H2,(H,20,23,24). The molecule has 136 valence electrons. The number of hydrogen-bond donors (Lipinski definition) is 2. The molecule has 2 fully saturated rings. The van der Waals surface area contributed by atoms with E-state index in [0.29, 0.717) is 31.9 Å². The van der Waals surface area contributed by atoms with E-state index in [9.17, 15) is 23.6 Å². The monoisotopic (exact) mass is 360 g/mol. The molecule has 3 aliphatic rings. The van der Waals surface area contributed by atoms with Gasteiger partial charge < -0.3 is 10.2 Å². The molecule has 1 aromatic rings. The molecule has 0 spiro atoms. The summed E-state index contributed by atoms with van der Waals surface area (Å²) in [6.45, 7) is 2.67. The van der Waals surface area contributed by atoms with Crippen LogP contribution in [0, 0.1) is 5.82 Å². The molecule has 3 aliphatic heterocycles. The van der Waals surface area contributed by atoms with Gasteiger partial charge in [-0.3, -0.25) is 29.4 Å². The van der Waals surface area contributed by atoms with Gasteiger partial charge in [0.25, 0.3) is 11.8 Å². The summed E-state index contributed by atoms with van der Waals surface area (Å²) in [5.41, 5.74) is 0.202. The lowest BCUT2D eigenvalue weighted by Gasteiger charge is -2.31. The highest BCUT2D eigenvalue weighted by molar-refractivity contribution is 6.25. The smallest absolute Gasteiger partial charge is 0.265 e. The Morgan fingerprint density at radius 3 is 2.38 bits per heavy atom. The maximum atomic E-state index is 14.4. The van der Waals surface area contributed by atoms with Crippen LogP contribution in [0.3, 0.4) is 0 Å². The molecule has 3 heterocycles. The van der Waals surface area contributed by atoms with Gasteiger partial charge in [-0.25, -0.2) is 4.39 Å². The number of nitrogens with one attached hydrogen (secondary N) is 2. The quantitative estimate of drug-likeness (QED) is 0.699. The van der Waals surface area contributed by atoms with E-state index in [1.54, 1.807) is 0 Å². The maximum absolute atomic E-state index is 14.4. The Balaban J connectivity index is 1.75. The Hall–Kier alpha value is -2.81. The van der Waals surface area contributed by atoms with Crippen LogP contribution >= 0.6 is 0 Å². The predicted octanol–water partition coefficient (Wildman–Crippen LogP) is -0.363. The molecule has 1 atom stereocenters. The molecule has 1 aromatic carbocycles. The molecule has 8 nitrogen and oxygen atoms in total. The van der Waals surface area contributed by atoms with Crippen molar-refractivity contribution >= 4 is 29.3 Å². The lowest BCUT2D eigenvalue weighted by Crippen LogP contribution is -2.54. The molecule has 26 heavy (non-hydrogen) atoms. The van der Waals surface area contributed by atoms with Crippen LogP contribution in [0.2, 0.25) is 0 Å². The lowest BCUT2D eigenvalue weighted by molar-refractivity contribution is -0.136. The van der Waals surface area contributed by atoms with E-state index in [2.05, 4.69) is 10.6 Å². The maximum Gasteiger partial charge on any atom is 0.265 e. The van der Waals surface area contributed by atoms with E-state index in [4.69, 9.17) is 0 Å². The Morgan fingerprint density at radius 2 is 1.69 bits per heavy atom. The molecule has 0 aromatic heterocycles. The molecule has 1 unspecified atom stereocenters. The average Bonchev–Trinajstić information content (AvgIpc) is 2.89. The number of anilines is 1. The number of rotatable bonds is 2. The average molecular weight is 360 g/mol. The topological polar surface area (TPSA) is 98.8 Å². The molecule has 9 heteroatoms. The van der Waals surface area contributed by atoms with Crippen LogP contribution in [-0.2, 0) is 9.59 Å². The Bertz CT molecular complexity index is 834. The number of nitrogens with zero attached hydrogens (tertiary/aromatic N) is 2. The molecule has 2 N–H and O–H groups in total. The zero-order valence-electron chi connectivity index (χ0n) is 13.9. The first kappa shape index (κ1) is 16.6. The number of fused-ring (bicyclic) bond motifs is 1. The number of benzene rings is 1. The van der Waals surface area contributed by atoms with Gasteiger partial charge in [0.05, 0.1) is 16.8 Å². The van der Waals surface area contributed by atoms with Gasteiger partial charge in [0.2, 0.25) is 11.8 Å². The van der Waals surface area contributed by atoms with E-state index >= 15 is 0 Å². The van der Waals surface area contributed by atoms with Crippen molar-refractivity contribution in [3.8, 4) is 0 Å². The van der Waals surface area contributed by atoms with Crippen molar-refractivity contribution < 1.29 is 23.6 Å². The molecule has 0 aliphatic carbocycles. The van der Waals surface area contributed by atoms with Crippen LogP contribution in [0.4, 0.5) is 10.1 Å². The fraction of sp³-hybridized carbons (Fsp3) is 0.412. The summed E-state index contributed by atoms with van der Waals surface area (Å²) in [5.74, 6) is -3.45. The highest BCUT2D eigenvalue weighted by Crippen LogP contribution is 2.35. The van der Waals surface area contributed by atoms with Gasteiger partial charge >= 0.3 is 0 Å². The molecule has 4 rings (SSSR count). The second kappa shape index (κ2) is 6.17. The summed E-state index contributed by atoms with van der Waals surface area (Å²) < 4.78 is 14.4. The van der Waals surface area contributed by atoms with E-state index in [1.165, 1.54) is 12.1 Å². The van der Waals surface area contributed by atoms with Gasteiger partial charge in [0.15, 0.2) is 0 Å². The molecule has 2 saturated heterocycles. The van der Waals surface area contributed by atoms with Crippen LogP contribution < -0.4 is 15.5 Å². The minimum Gasteiger partial charge on any atom is -0.368 e. The SMILES string of the molecule is O=C1CCC(N2C(=O)c3c(F)ccc(N4CCNCC4)c3C2=O)C(=O)N1. The fourth-order valence-corrected chi connectivity index (χ4v) is 3.71. The third kappa shape index (κ3) is 2.47. The molecule has 4 amide bonds.